The third-order valence-corrected chi connectivity index (χ3v) is 7.87. The topological polar surface area (TPSA) is 211 Å². The predicted octanol–water partition coefficient (Wildman–Crippen LogP) is -0.300. The molecule has 1 fully saturated rings. The maximum absolute atomic E-state index is 14.0. The second-order valence-corrected chi connectivity index (χ2v) is 10.8. The Balaban J connectivity index is 1.40. The van der Waals surface area contributed by atoms with Gasteiger partial charge in [-0.15, -0.1) is 5.10 Å². The van der Waals surface area contributed by atoms with Crippen molar-refractivity contribution >= 4 is 28.9 Å². The first-order chi connectivity index (χ1) is 21.1. The minimum absolute atomic E-state index is 0.0255. The first-order valence-electron chi connectivity index (χ1n) is 14.2. The van der Waals surface area contributed by atoms with Gasteiger partial charge in [0.1, 0.15) is 18.3 Å². The Kier molecular flexibility index (Phi) is 9.22. The molecule has 2 aliphatic heterocycles. The van der Waals surface area contributed by atoms with Crippen LogP contribution < -0.4 is 10.2 Å². The van der Waals surface area contributed by atoms with Crippen molar-refractivity contribution in [3.8, 4) is 0 Å². The van der Waals surface area contributed by atoms with Crippen LogP contribution in [0.3, 0.4) is 0 Å². The number of hydrogen-bond acceptors (Lipinski definition) is 11. The number of para-hydroxylation sites is 1. The molecule has 0 bridgehead atoms. The summed E-state index contributed by atoms with van der Waals surface area (Å²) in [5.74, 6) is -2.22. The predicted molar refractivity (Wildman–Crippen MR) is 155 cm³/mol. The summed E-state index contributed by atoms with van der Waals surface area (Å²) in [5, 5.41) is 71.5. The van der Waals surface area contributed by atoms with Crippen LogP contribution in [-0.4, -0.2) is 94.8 Å². The number of aromatic nitrogens is 3. The van der Waals surface area contributed by atoms with E-state index in [4.69, 9.17) is 9.84 Å². The highest BCUT2D eigenvalue weighted by atomic mass is 16.6. The van der Waals surface area contributed by atoms with E-state index in [-0.39, 0.29) is 17.9 Å². The summed E-state index contributed by atoms with van der Waals surface area (Å²) in [7, 11) is 0. The molecule has 0 unspecified atom stereocenters. The Morgan fingerprint density at radius 2 is 1.86 bits per heavy atom. The highest BCUT2D eigenvalue weighted by Crippen LogP contribution is 2.49. The molecular weight excluding hydrogens is 574 g/mol. The summed E-state index contributed by atoms with van der Waals surface area (Å²) >= 11 is 0. The van der Waals surface area contributed by atoms with Crippen molar-refractivity contribution in [2.45, 2.75) is 62.6 Å². The number of hydrogen-bond donors (Lipinski definition) is 7. The Morgan fingerprint density at radius 1 is 1.11 bits per heavy atom. The van der Waals surface area contributed by atoms with Gasteiger partial charge in [-0.3, -0.25) is 19.2 Å². The maximum atomic E-state index is 14.0. The van der Waals surface area contributed by atoms with Crippen LogP contribution in [0.15, 0.2) is 66.9 Å². The van der Waals surface area contributed by atoms with E-state index in [1.807, 2.05) is 6.08 Å². The number of carbonyl (C=O) groups excluding carboxylic acids is 2. The third-order valence-electron chi connectivity index (χ3n) is 7.87. The van der Waals surface area contributed by atoms with Crippen molar-refractivity contribution in [3.05, 3.63) is 78.1 Å². The molecule has 2 amide bonds. The number of aliphatic hydroxyl groups is 6. The lowest BCUT2D eigenvalue weighted by atomic mass is 9.82. The van der Waals surface area contributed by atoms with Gasteiger partial charge in [0, 0.05) is 48.6 Å². The smallest absolute Gasteiger partial charge is 0.268 e. The average molecular weight is 610 g/mol. The van der Waals surface area contributed by atoms with Gasteiger partial charge in [-0.1, -0.05) is 42.5 Å². The van der Waals surface area contributed by atoms with E-state index in [9.17, 15) is 35.1 Å². The van der Waals surface area contributed by atoms with Crippen LogP contribution in [0.2, 0.25) is 0 Å². The summed E-state index contributed by atoms with van der Waals surface area (Å²) in [5.41, 5.74) is -0.0301. The molecule has 3 aromatic rings. The fraction of sp³-hybridized carbons (Fsp3) is 0.400. The number of carbonyl (C=O) groups is 2. The zero-order chi connectivity index (χ0) is 31.6. The average Bonchev–Trinajstić information content (AvgIpc) is 3.56. The maximum Gasteiger partial charge on any atom is 0.268 e. The second-order valence-electron chi connectivity index (χ2n) is 10.8. The molecule has 14 nitrogen and oxygen atoms in total. The molecule has 1 saturated heterocycles. The Hall–Kier alpha value is -4.02. The molecule has 2 aromatic carbocycles. The fourth-order valence-corrected chi connectivity index (χ4v) is 5.40. The van der Waals surface area contributed by atoms with Crippen LogP contribution in [0.4, 0.5) is 17.1 Å². The molecule has 7 atom stereocenters. The van der Waals surface area contributed by atoms with E-state index in [2.05, 4.69) is 15.6 Å². The molecule has 7 N–H and O–H groups in total. The molecule has 5 rings (SSSR count). The standard InChI is InChI=1S/C30H35N5O9/c1-17(7-5-6-13-34-16-19(12-14-36)32-33-34)30(43)21-15-18(31-27(40)26-24(38)23(37)25(39)28(41)44-26)10-11-22(21)35(29(30)42)20-8-3-2-4-9-20/h2-5,7-11,15-17,23-26,28,36-39,41,43H,6,12-14H2,1H3,(H,31,40)/b7-5+/t17-,23-,24-,25+,26-,28+,30+/m0/s1. The summed E-state index contributed by atoms with van der Waals surface area (Å²) in [4.78, 5) is 28.3. The minimum Gasteiger partial charge on any atom is -0.396 e. The normalized spacial score (nSPS) is 27.5. The Morgan fingerprint density at radius 3 is 2.59 bits per heavy atom. The van der Waals surface area contributed by atoms with E-state index in [0.29, 0.717) is 36.5 Å². The Labute approximate surface area is 252 Å². The van der Waals surface area contributed by atoms with Gasteiger partial charge in [-0.25, -0.2) is 0 Å². The third kappa shape index (κ3) is 5.88. The number of benzene rings is 2. The molecule has 44 heavy (non-hydrogen) atoms. The van der Waals surface area contributed by atoms with E-state index < -0.39 is 54.0 Å². The number of ether oxygens (including phenoxy) is 1. The number of fused-ring (bicyclic) bond motifs is 1. The molecule has 2 aliphatic rings. The van der Waals surface area contributed by atoms with Crippen molar-refractivity contribution in [2.75, 3.05) is 16.8 Å². The monoisotopic (exact) mass is 609 g/mol. The van der Waals surface area contributed by atoms with E-state index >= 15 is 0 Å². The van der Waals surface area contributed by atoms with Gasteiger partial charge < -0.3 is 40.7 Å². The number of anilines is 3. The molecule has 14 heteroatoms. The van der Waals surface area contributed by atoms with Crippen molar-refractivity contribution in [2.24, 2.45) is 5.92 Å². The van der Waals surface area contributed by atoms with Gasteiger partial charge >= 0.3 is 0 Å². The van der Waals surface area contributed by atoms with Crippen LogP contribution in [-0.2, 0) is 32.9 Å². The van der Waals surface area contributed by atoms with Crippen LogP contribution in [0.25, 0.3) is 0 Å². The Bertz CT molecular complexity index is 1520. The van der Waals surface area contributed by atoms with Gasteiger partial charge in [0.15, 0.2) is 18.0 Å². The molecule has 0 aliphatic carbocycles. The quantitative estimate of drug-likeness (QED) is 0.148. The number of nitrogens with one attached hydrogen (secondary N) is 1. The van der Waals surface area contributed by atoms with Gasteiger partial charge in [0.05, 0.1) is 11.4 Å². The van der Waals surface area contributed by atoms with Gasteiger partial charge in [0.2, 0.25) is 0 Å². The number of nitrogens with zero attached hydrogens (tertiary/aromatic N) is 4. The fourth-order valence-electron chi connectivity index (χ4n) is 5.40. The van der Waals surface area contributed by atoms with E-state index in [0.717, 1.165) is 0 Å². The van der Waals surface area contributed by atoms with Crippen LogP contribution in [0.5, 0.6) is 0 Å². The van der Waals surface area contributed by atoms with Crippen LogP contribution in [0.1, 0.15) is 24.6 Å². The highest BCUT2D eigenvalue weighted by molar-refractivity contribution is 6.12. The van der Waals surface area contributed by atoms with Crippen molar-refractivity contribution < 1.29 is 45.0 Å². The zero-order valence-corrected chi connectivity index (χ0v) is 23.8. The highest BCUT2D eigenvalue weighted by Gasteiger charge is 2.53. The van der Waals surface area contributed by atoms with Gasteiger partial charge in [-0.05, 0) is 36.8 Å². The summed E-state index contributed by atoms with van der Waals surface area (Å²) in [6.45, 7) is 2.17. The number of aryl methyl sites for hydroxylation is 1. The number of allylic oxidation sites excluding steroid dienone is 1. The summed E-state index contributed by atoms with van der Waals surface area (Å²) < 4.78 is 6.66. The minimum atomic E-state index is -2.03. The number of aliphatic hydroxyl groups excluding tert-OH is 5. The first kappa shape index (κ1) is 31.4. The molecule has 0 spiro atoms. The van der Waals surface area contributed by atoms with Crippen LogP contribution in [0, 0.1) is 5.92 Å². The number of amides is 2. The molecule has 3 heterocycles. The van der Waals surface area contributed by atoms with E-state index in [1.165, 1.54) is 17.0 Å². The lowest BCUT2D eigenvalue weighted by Crippen LogP contribution is -2.60. The first-order valence-corrected chi connectivity index (χ1v) is 14.2. The molecule has 0 radical (unpaired) electrons. The molecule has 1 aromatic heterocycles. The lowest BCUT2D eigenvalue weighted by molar-refractivity contribution is -0.274. The lowest BCUT2D eigenvalue weighted by Gasteiger charge is -2.37. The van der Waals surface area contributed by atoms with Crippen molar-refractivity contribution in [1.29, 1.82) is 0 Å². The molecule has 0 saturated carbocycles. The summed E-state index contributed by atoms with van der Waals surface area (Å²) in [6, 6.07) is 13.3. The van der Waals surface area contributed by atoms with Crippen LogP contribution >= 0.6 is 0 Å². The SMILES string of the molecule is C[C@@H](/C=C/CCn1cc(CCO)nn1)[C@]1(O)C(=O)N(c2ccccc2)c2ccc(NC(=O)[C@H]3O[C@@H](O)[C@H](O)[C@@H](O)[C@@H]3O)cc21. The van der Waals surface area contributed by atoms with Crippen molar-refractivity contribution in [3.63, 3.8) is 0 Å². The zero-order valence-electron chi connectivity index (χ0n) is 23.8. The van der Waals surface area contributed by atoms with E-state index in [1.54, 1.807) is 60.3 Å². The second kappa shape index (κ2) is 12.9. The van der Waals surface area contributed by atoms with Gasteiger partial charge in [0.25, 0.3) is 11.8 Å². The van der Waals surface area contributed by atoms with Gasteiger partial charge in [-0.2, -0.15) is 0 Å². The number of rotatable bonds is 10. The molecular formula is C30H35N5O9. The molecule has 234 valence electrons. The summed E-state index contributed by atoms with van der Waals surface area (Å²) in [6.07, 6.45) is -2.81. The largest absolute Gasteiger partial charge is 0.396 e. The van der Waals surface area contributed by atoms with Crippen molar-refractivity contribution in [1.82, 2.24) is 15.0 Å².